The Labute approximate surface area is 86.0 Å². The van der Waals surface area contributed by atoms with Gasteiger partial charge < -0.3 is 5.32 Å². The maximum absolute atomic E-state index is 3.83. The third kappa shape index (κ3) is 2.88. The molecule has 0 radical (unpaired) electrons. The van der Waals surface area contributed by atoms with Crippen LogP contribution in [0.3, 0.4) is 0 Å². The third-order valence-electron chi connectivity index (χ3n) is 3.39. The maximum atomic E-state index is 3.83. The highest BCUT2D eigenvalue weighted by molar-refractivity contribution is 7.99. The Kier molecular flexibility index (Phi) is 3.56. The van der Waals surface area contributed by atoms with E-state index in [0.717, 1.165) is 18.0 Å². The van der Waals surface area contributed by atoms with Gasteiger partial charge in [-0.15, -0.1) is 0 Å². The summed E-state index contributed by atoms with van der Waals surface area (Å²) in [5.41, 5.74) is 0. The van der Waals surface area contributed by atoms with Crippen LogP contribution in [0.15, 0.2) is 0 Å². The van der Waals surface area contributed by atoms with E-state index in [1.54, 1.807) is 0 Å². The highest BCUT2D eigenvalue weighted by Crippen LogP contribution is 2.26. The highest BCUT2D eigenvalue weighted by Gasteiger charge is 2.24. The lowest BCUT2D eigenvalue weighted by molar-refractivity contribution is 0.403. The molecular weight excluding hydrogens is 178 g/mol. The summed E-state index contributed by atoms with van der Waals surface area (Å²) in [6.45, 7) is 2.39. The SMILES string of the molecule is CC1CCC(NC2CCSCC2)C1. The first-order valence-electron chi connectivity index (χ1n) is 5.68. The molecule has 1 heterocycles. The van der Waals surface area contributed by atoms with Crippen molar-refractivity contribution in [2.45, 2.75) is 51.1 Å². The van der Waals surface area contributed by atoms with Gasteiger partial charge in [0.2, 0.25) is 0 Å². The van der Waals surface area contributed by atoms with E-state index in [1.807, 2.05) is 0 Å². The predicted molar refractivity (Wildman–Crippen MR) is 60.3 cm³/mol. The van der Waals surface area contributed by atoms with Crippen LogP contribution in [0.1, 0.15) is 39.0 Å². The minimum atomic E-state index is 0.844. The molecule has 76 valence electrons. The summed E-state index contributed by atoms with van der Waals surface area (Å²) < 4.78 is 0. The lowest BCUT2D eigenvalue weighted by atomic mass is 10.1. The van der Waals surface area contributed by atoms with Crippen LogP contribution in [-0.2, 0) is 0 Å². The fourth-order valence-corrected chi connectivity index (χ4v) is 3.66. The molecule has 13 heavy (non-hydrogen) atoms. The number of hydrogen-bond acceptors (Lipinski definition) is 2. The Morgan fingerprint density at radius 1 is 1.00 bits per heavy atom. The average Bonchev–Trinajstić information content (AvgIpc) is 2.53. The van der Waals surface area contributed by atoms with Crippen molar-refractivity contribution in [3.8, 4) is 0 Å². The van der Waals surface area contributed by atoms with Crippen LogP contribution >= 0.6 is 11.8 Å². The second kappa shape index (κ2) is 4.70. The van der Waals surface area contributed by atoms with E-state index in [-0.39, 0.29) is 0 Å². The first-order chi connectivity index (χ1) is 6.34. The molecule has 0 aromatic rings. The van der Waals surface area contributed by atoms with Crippen LogP contribution < -0.4 is 5.32 Å². The summed E-state index contributed by atoms with van der Waals surface area (Å²) >= 11 is 2.12. The summed E-state index contributed by atoms with van der Waals surface area (Å²) in [6, 6.07) is 1.69. The van der Waals surface area contributed by atoms with Gasteiger partial charge in [-0.05, 0) is 49.5 Å². The van der Waals surface area contributed by atoms with Crippen molar-refractivity contribution >= 4 is 11.8 Å². The van der Waals surface area contributed by atoms with Gasteiger partial charge in [0.05, 0.1) is 0 Å². The largest absolute Gasteiger partial charge is 0.311 e. The van der Waals surface area contributed by atoms with Crippen molar-refractivity contribution in [3.05, 3.63) is 0 Å². The molecule has 1 saturated heterocycles. The molecule has 0 spiro atoms. The molecule has 1 aliphatic carbocycles. The van der Waals surface area contributed by atoms with Gasteiger partial charge in [-0.3, -0.25) is 0 Å². The zero-order chi connectivity index (χ0) is 9.10. The summed E-state index contributed by atoms with van der Waals surface area (Å²) in [4.78, 5) is 0. The molecule has 2 atom stereocenters. The lowest BCUT2D eigenvalue weighted by Crippen LogP contribution is -2.39. The van der Waals surface area contributed by atoms with Crippen molar-refractivity contribution in [1.82, 2.24) is 5.32 Å². The summed E-state index contributed by atoms with van der Waals surface area (Å²) in [6.07, 6.45) is 7.08. The predicted octanol–water partition coefficient (Wildman–Crippen LogP) is 2.66. The monoisotopic (exact) mass is 199 g/mol. The van der Waals surface area contributed by atoms with Crippen LogP contribution in [-0.4, -0.2) is 23.6 Å². The molecule has 2 aliphatic rings. The van der Waals surface area contributed by atoms with Gasteiger partial charge in [-0.2, -0.15) is 11.8 Å². The second-order valence-electron chi connectivity index (χ2n) is 4.67. The van der Waals surface area contributed by atoms with Crippen LogP contribution in [0.2, 0.25) is 0 Å². The van der Waals surface area contributed by atoms with Gasteiger partial charge in [0.15, 0.2) is 0 Å². The van der Waals surface area contributed by atoms with E-state index in [9.17, 15) is 0 Å². The number of thioether (sulfide) groups is 1. The molecule has 0 aromatic carbocycles. The van der Waals surface area contributed by atoms with Gasteiger partial charge in [0, 0.05) is 12.1 Å². The van der Waals surface area contributed by atoms with Gasteiger partial charge >= 0.3 is 0 Å². The molecule has 1 saturated carbocycles. The van der Waals surface area contributed by atoms with E-state index in [0.29, 0.717) is 0 Å². The summed E-state index contributed by atoms with van der Waals surface area (Å²) in [7, 11) is 0. The van der Waals surface area contributed by atoms with Crippen LogP contribution in [0, 0.1) is 5.92 Å². The maximum Gasteiger partial charge on any atom is 0.00853 e. The van der Waals surface area contributed by atoms with E-state index >= 15 is 0 Å². The Hall–Kier alpha value is 0.310. The molecule has 1 aliphatic heterocycles. The quantitative estimate of drug-likeness (QED) is 0.734. The zero-order valence-corrected chi connectivity index (χ0v) is 9.41. The number of hydrogen-bond donors (Lipinski definition) is 1. The lowest BCUT2D eigenvalue weighted by Gasteiger charge is -2.26. The van der Waals surface area contributed by atoms with Crippen LogP contribution in [0.5, 0.6) is 0 Å². The average molecular weight is 199 g/mol. The van der Waals surface area contributed by atoms with E-state index in [1.165, 1.54) is 43.6 Å². The normalized spacial score (nSPS) is 36.7. The van der Waals surface area contributed by atoms with Gasteiger partial charge in [-0.25, -0.2) is 0 Å². The number of nitrogens with one attached hydrogen (secondary N) is 1. The van der Waals surface area contributed by atoms with Gasteiger partial charge in [0.1, 0.15) is 0 Å². The molecule has 2 unspecified atom stereocenters. The first-order valence-corrected chi connectivity index (χ1v) is 6.84. The van der Waals surface area contributed by atoms with E-state index in [4.69, 9.17) is 0 Å². The summed E-state index contributed by atoms with van der Waals surface area (Å²) in [5, 5.41) is 3.83. The summed E-state index contributed by atoms with van der Waals surface area (Å²) in [5.74, 6) is 3.72. The molecule has 2 rings (SSSR count). The van der Waals surface area contributed by atoms with Crippen molar-refractivity contribution in [3.63, 3.8) is 0 Å². The smallest absolute Gasteiger partial charge is 0.00853 e. The molecule has 1 N–H and O–H groups in total. The first kappa shape index (κ1) is 9.85. The fourth-order valence-electron chi connectivity index (χ4n) is 2.56. The third-order valence-corrected chi connectivity index (χ3v) is 4.44. The molecule has 0 bridgehead atoms. The molecule has 1 nitrogen and oxygen atoms in total. The van der Waals surface area contributed by atoms with Crippen LogP contribution in [0.25, 0.3) is 0 Å². The fraction of sp³-hybridized carbons (Fsp3) is 1.00. The van der Waals surface area contributed by atoms with E-state index in [2.05, 4.69) is 24.0 Å². The molecule has 0 amide bonds. The Bertz CT molecular complexity index is 151. The Morgan fingerprint density at radius 2 is 1.77 bits per heavy atom. The highest BCUT2D eigenvalue weighted by atomic mass is 32.2. The van der Waals surface area contributed by atoms with Crippen LogP contribution in [0.4, 0.5) is 0 Å². The van der Waals surface area contributed by atoms with Gasteiger partial charge in [0.25, 0.3) is 0 Å². The number of rotatable bonds is 2. The Balaban J connectivity index is 1.71. The molecular formula is C11H21NS. The molecule has 2 heteroatoms. The minimum Gasteiger partial charge on any atom is -0.311 e. The second-order valence-corrected chi connectivity index (χ2v) is 5.89. The molecule has 0 aromatic heterocycles. The minimum absolute atomic E-state index is 0.844. The Morgan fingerprint density at radius 3 is 2.38 bits per heavy atom. The van der Waals surface area contributed by atoms with Crippen molar-refractivity contribution in [1.29, 1.82) is 0 Å². The van der Waals surface area contributed by atoms with Crippen molar-refractivity contribution < 1.29 is 0 Å². The molecule has 2 fully saturated rings. The van der Waals surface area contributed by atoms with Crippen molar-refractivity contribution in [2.24, 2.45) is 5.92 Å². The topological polar surface area (TPSA) is 12.0 Å². The van der Waals surface area contributed by atoms with Gasteiger partial charge in [-0.1, -0.05) is 6.92 Å². The van der Waals surface area contributed by atoms with Crippen molar-refractivity contribution in [2.75, 3.05) is 11.5 Å². The standard InChI is InChI=1S/C11H21NS/c1-9-2-3-11(8-9)12-10-4-6-13-7-5-10/h9-12H,2-8H2,1H3. The van der Waals surface area contributed by atoms with E-state index < -0.39 is 0 Å². The zero-order valence-electron chi connectivity index (χ0n) is 8.59.